The van der Waals surface area contributed by atoms with Crippen LogP contribution in [0, 0.1) is 20.8 Å². The Balaban J connectivity index is 1.59. The van der Waals surface area contributed by atoms with E-state index in [1.54, 1.807) is 49.0 Å². The molecule has 0 fully saturated rings. The van der Waals surface area contributed by atoms with Gasteiger partial charge in [0.2, 0.25) is 0 Å². The Hall–Kier alpha value is -5.11. The Morgan fingerprint density at radius 2 is 1.70 bits per heavy atom. The fraction of sp³-hybridized carbons (Fsp3) is 0.200. The van der Waals surface area contributed by atoms with E-state index < -0.39 is 23.7 Å². The van der Waals surface area contributed by atoms with E-state index in [4.69, 9.17) is 10.7 Å². The second-order valence-electron chi connectivity index (χ2n) is 10.4. The molecule has 0 radical (unpaired) electrons. The Bertz CT molecular complexity index is 2160. The van der Waals surface area contributed by atoms with Crippen LogP contribution in [0.15, 0.2) is 42.6 Å². The molecule has 0 aliphatic carbocycles. The van der Waals surface area contributed by atoms with E-state index in [-0.39, 0.29) is 31.9 Å². The Labute approximate surface area is 252 Å². The minimum absolute atomic E-state index is 0.0295. The highest BCUT2D eigenvalue weighted by Crippen LogP contribution is 2.44. The van der Waals surface area contributed by atoms with Crippen LogP contribution in [0.1, 0.15) is 42.8 Å². The average Bonchev–Trinajstić information content (AvgIpc) is 3.59. The number of primary amides is 1. The summed E-state index contributed by atoms with van der Waals surface area (Å²) in [6.07, 6.45) is -3.34. The number of hydrogen-bond acceptors (Lipinski definition) is 7. The molecule has 2 amide bonds. The van der Waals surface area contributed by atoms with Gasteiger partial charge in [-0.3, -0.25) is 19.0 Å². The Morgan fingerprint density at radius 3 is 2.32 bits per heavy atom. The highest BCUT2D eigenvalue weighted by atomic mass is 32.1. The number of fused-ring (bicyclic) bond motifs is 2. The number of aromatic nitrogens is 6. The second-order valence-corrected chi connectivity index (χ2v) is 11.4. The van der Waals surface area contributed by atoms with Crippen molar-refractivity contribution in [2.45, 2.75) is 26.9 Å². The first-order valence-electron chi connectivity index (χ1n) is 13.3. The summed E-state index contributed by atoms with van der Waals surface area (Å²) in [6, 6.07) is 9.62. The lowest BCUT2D eigenvalue weighted by Crippen LogP contribution is -2.17. The van der Waals surface area contributed by atoms with Gasteiger partial charge in [0.15, 0.2) is 0 Å². The molecule has 0 saturated heterocycles. The normalized spacial score (nSPS) is 11.9. The van der Waals surface area contributed by atoms with Crippen LogP contribution < -0.4 is 11.1 Å². The van der Waals surface area contributed by atoms with E-state index in [1.165, 1.54) is 10.9 Å². The van der Waals surface area contributed by atoms with Gasteiger partial charge in [0, 0.05) is 47.4 Å². The molecule has 5 heterocycles. The molecule has 0 unspecified atom stereocenters. The first kappa shape index (κ1) is 29.0. The lowest BCUT2D eigenvalue weighted by Gasteiger charge is -2.14. The van der Waals surface area contributed by atoms with Gasteiger partial charge < -0.3 is 11.1 Å². The number of halogens is 3. The van der Waals surface area contributed by atoms with Crippen molar-refractivity contribution in [2.24, 2.45) is 19.8 Å². The number of carbonyl (C=O) groups excluding carboxylic acids is 2. The number of anilines is 1. The van der Waals surface area contributed by atoms with Gasteiger partial charge in [0.1, 0.15) is 15.4 Å². The maximum atomic E-state index is 14.1. The molecule has 14 heteroatoms. The summed E-state index contributed by atoms with van der Waals surface area (Å²) in [5, 5.41) is 12.1. The molecule has 6 rings (SSSR count). The van der Waals surface area contributed by atoms with Crippen molar-refractivity contribution in [3.63, 3.8) is 0 Å². The number of para-hydroxylation sites is 1. The number of nitrogens with one attached hydrogen (secondary N) is 1. The lowest BCUT2D eigenvalue weighted by molar-refractivity contribution is -0.140. The predicted molar refractivity (Wildman–Crippen MR) is 161 cm³/mol. The molecule has 0 aliphatic rings. The quantitative estimate of drug-likeness (QED) is 0.246. The van der Waals surface area contributed by atoms with Gasteiger partial charge in [0.25, 0.3) is 11.8 Å². The van der Waals surface area contributed by atoms with E-state index in [1.807, 2.05) is 20.9 Å². The first-order valence-corrected chi connectivity index (χ1v) is 14.1. The van der Waals surface area contributed by atoms with Crippen LogP contribution in [0.2, 0.25) is 0 Å². The molecule has 1 aromatic carbocycles. The van der Waals surface area contributed by atoms with Crippen LogP contribution in [0.3, 0.4) is 0 Å². The van der Waals surface area contributed by atoms with E-state index in [9.17, 15) is 22.8 Å². The Morgan fingerprint density at radius 1 is 0.977 bits per heavy atom. The number of amides is 2. The summed E-state index contributed by atoms with van der Waals surface area (Å²) in [5.41, 5.74) is 9.23. The van der Waals surface area contributed by atoms with Gasteiger partial charge in [-0.1, -0.05) is 18.2 Å². The number of nitrogens with two attached hydrogens (primary N) is 1. The highest BCUT2D eigenvalue weighted by molar-refractivity contribution is 7.21. The first-order chi connectivity index (χ1) is 20.8. The largest absolute Gasteiger partial charge is 0.433 e. The molecule has 0 atom stereocenters. The van der Waals surface area contributed by atoms with Gasteiger partial charge in [-0.15, -0.1) is 11.3 Å². The van der Waals surface area contributed by atoms with Crippen LogP contribution in [0.5, 0.6) is 0 Å². The summed E-state index contributed by atoms with van der Waals surface area (Å²) in [7, 11) is 3.47. The number of thiophene rings is 1. The fourth-order valence-corrected chi connectivity index (χ4v) is 6.34. The van der Waals surface area contributed by atoms with E-state index in [0.29, 0.717) is 39.2 Å². The fourth-order valence-electron chi connectivity index (χ4n) is 5.33. The Kier molecular flexibility index (Phi) is 6.76. The molecule has 0 spiro atoms. The van der Waals surface area contributed by atoms with Crippen molar-refractivity contribution in [3.8, 4) is 22.4 Å². The van der Waals surface area contributed by atoms with Crippen molar-refractivity contribution in [1.82, 2.24) is 29.5 Å². The highest BCUT2D eigenvalue weighted by Gasteiger charge is 2.35. The molecule has 0 aliphatic heterocycles. The molecule has 0 saturated carbocycles. The van der Waals surface area contributed by atoms with Gasteiger partial charge in [0.05, 0.1) is 34.4 Å². The smallest absolute Gasteiger partial charge is 0.365 e. The number of aryl methyl sites for hydroxylation is 3. The zero-order chi connectivity index (χ0) is 31.7. The number of hydrogen-bond donors (Lipinski definition) is 2. The van der Waals surface area contributed by atoms with Crippen LogP contribution in [-0.4, -0.2) is 41.3 Å². The topological polar surface area (TPSA) is 134 Å². The minimum Gasteiger partial charge on any atom is -0.365 e. The summed E-state index contributed by atoms with van der Waals surface area (Å²) in [5.74, 6) is -1.53. The summed E-state index contributed by atoms with van der Waals surface area (Å²) < 4.78 is 45.1. The molecular formula is C30H25F3N8O2S. The summed E-state index contributed by atoms with van der Waals surface area (Å²) in [6.45, 7) is 5.45. The second kappa shape index (κ2) is 10.3. The average molecular weight is 619 g/mol. The summed E-state index contributed by atoms with van der Waals surface area (Å²) >= 11 is 0.680. The molecule has 6 aromatic rings. The van der Waals surface area contributed by atoms with Crippen molar-refractivity contribution < 1.29 is 22.8 Å². The van der Waals surface area contributed by atoms with Crippen molar-refractivity contribution >= 4 is 50.0 Å². The van der Waals surface area contributed by atoms with Crippen molar-refractivity contribution in [2.75, 3.05) is 5.32 Å². The minimum atomic E-state index is -4.77. The number of benzene rings is 1. The van der Waals surface area contributed by atoms with Crippen LogP contribution in [0.25, 0.3) is 43.5 Å². The molecule has 3 N–H and O–H groups in total. The maximum Gasteiger partial charge on any atom is 0.433 e. The number of carbonyl (C=O) groups is 2. The number of nitrogens with zero attached hydrogens (tertiary/aromatic N) is 6. The van der Waals surface area contributed by atoms with Crippen LogP contribution >= 0.6 is 11.3 Å². The molecule has 44 heavy (non-hydrogen) atoms. The zero-order valence-corrected chi connectivity index (χ0v) is 25.0. The van der Waals surface area contributed by atoms with Crippen molar-refractivity contribution in [3.05, 3.63) is 75.8 Å². The van der Waals surface area contributed by atoms with Gasteiger partial charge in [-0.05, 0) is 44.5 Å². The van der Waals surface area contributed by atoms with Gasteiger partial charge >= 0.3 is 6.18 Å². The maximum absolute atomic E-state index is 14.1. The van der Waals surface area contributed by atoms with E-state index in [0.717, 1.165) is 23.0 Å². The molecule has 0 bridgehead atoms. The summed E-state index contributed by atoms with van der Waals surface area (Å²) in [4.78, 5) is 35.1. The monoisotopic (exact) mass is 618 g/mol. The third-order valence-electron chi connectivity index (χ3n) is 7.67. The molecule has 224 valence electrons. The molecule has 5 aromatic heterocycles. The third kappa shape index (κ3) is 4.67. The van der Waals surface area contributed by atoms with E-state index in [2.05, 4.69) is 20.5 Å². The SMILES string of the molecule is Cc1nn(C)c(C)c1-c1cc(C(=O)Nc2c(C(N)=O)sc3nc(C(F)(F)F)cc(-c4cnn(C)c4C)c23)c2ccccc2n1. The zero-order valence-electron chi connectivity index (χ0n) is 24.2. The van der Waals surface area contributed by atoms with Crippen LogP contribution in [0.4, 0.5) is 18.9 Å². The molecule has 10 nitrogen and oxygen atoms in total. The van der Waals surface area contributed by atoms with Crippen molar-refractivity contribution in [1.29, 1.82) is 0 Å². The lowest BCUT2D eigenvalue weighted by atomic mass is 10.0. The van der Waals surface area contributed by atoms with E-state index >= 15 is 0 Å². The molecular weight excluding hydrogens is 593 g/mol. The predicted octanol–water partition coefficient (Wildman–Crippen LogP) is 5.94. The standard InChI is InChI=1S/C30H25F3N8O2S/c1-13-23(15(3)41(5)39-13)21-10-18(16-8-6-7-9-20(16)36-21)28(43)38-25-24-17(19-12-35-40(4)14(19)2)11-22(30(31,32)33)37-29(24)44-26(25)27(34)42/h6-12H,1-5H3,(H2,34,42)(H,38,43). The number of pyridine rings is 2. The van der Waals surface area contributed by atoms with Gasteiger partial charge in [-0.25, -0.2) is 9.97 Å². The number of rotatable bonds is 5. The van der Waals surface area contributed by atoms with Crippen LogP contribution in [-0.2, 0) is 20.3 Å². The third-order valence-corrected chi connectivity index (χ3v) is 8.76. The van der Waals surface area contributed by atoms with Gasteiger partial charge in [-0.2, -0.15) is 23.4 Å². The number of alkyl halides is 3.